The van der Waals surface area contributed by atoms with Gasteiger partial charge in [0.15, 0.2) is 11.5 Å². The SMILES string of the molecule is CNc1ncn(CC(=O)Nc2cccc(-c3cnc(C)c(C(F)(F)F)c3)n2)c1C(=O)NCc1cc(C)on1. The average molecular weight is 528 g/mol. The number of hydrogen-bond donors (Lipinski definition) is 3. The van der Waals surface area contributed by atoms with Crippen molar-refractivity contribution in [1.29, 1.82) is 0 Å². The number of hydrogen-bond acceptors (Lipinski definition) is 8. The minimum atomic E-state index is -4.56. The fraction of sp³-hybridized carbons (Fsp3) is 0.250. The summed E-state index contributed by atoms with van der Waals surface area (Å²) in [6.45, 7) is 2.83. The van der Waals surface area contributed by atoms with Crippen LogP contribution in [-0.2, 0) is 24.1 Å². The van der Waals surface area contributed by atoms with Gasteiger partial charge in [0, 0.05) is 30.6 Å². The van der Waals surface area contributed by atoms with Gasteiger partial charge in [-0.3, -0.25) is 14.6 Å². The molecule has 0 saturated carbocycles. The highest BCUT2D eigenvalue weighted by atomic mass is 19.4. The number of pyridine rings is 2. The number of aryl methyl sites for hydroxylation is 2. The van der Waals surface area contributed by atoms with Crippen LogP contribution in [0.1, 0.15) is 33.2 Å². The van der Waals surface area contributed by atoms with Gasteiger partial charge in [0.2, 0.25) is 5.91 Å². The van der Waals surface area contributed by atoms with Crippen molar-refractivity contribution in [2.75, 3.05) is 17.7 Å². The average Bonchev–Trinajstić information content (AvgIpc) is 3.47. The third-order valence-electron chi connectivity index (χ3n) is 5.42. The van der Waals surface area contributed by atoms with Crippen LogP contribution in [0.5, 0.6) is 0 Å². The summed E-state index contributed by atoms with van der Waals surface area (Å²) in [5.74, 6) is -0.0484. The zero-order valence-corrected chi connectivity index (χ0v) is 20.6. The molecule has 4 rings (SSSR count). The number of imidazole rings is 1. The number of amides is 2. The molecule has 0 aromatic carbocycles. The first-order valence-electron chi connectivity index (χ1n) is 11.3. The molecule has 0 spiro atoms. The Morgan fingerprint density at radius 3 is 2.61 bits per heavy atom. The lowest BCUT2D eigenvalue weighted by molar-refractivity contribution is -0.138. The molecular formula is C24H23F3N8O3. The van der Waals surface area contributed by atoms with Crippen LogP contribution in [0.25, 0.3) is 11.3 Å². The largest absolute Gasteiger partial charge is 0.418 e. The Balaban J connectivity index is 1.48. The van der Waals surface area contributed by atoms with Crippen molar-refractivity contribution in [3.05, 3.63) is 71.3 Å². The van der Waals surface area contributed by atoms with Crippen molar-refractivity contribution < 1.29 is 27.3 Å². The smallest absolute Gasteiger partial charge is 0.371 e. The van der Waals surface area contributed by atoms with Crippen molar-refractivity contribution in [3.8, 4) is 11.3 Å². The Morgan fingerprint density at radius 1 is 1.13 bits per heavy atom. The summed E-state index contributed by atoms with van der Waals surface area (Å²) >= 11 is 0. The van der Waals surface area contributed by atoms with E-state index in [1.165, 1.54) is 36.1 Å². The number of carbonyl (C=O) groups is 2. The van der Waals surface area contributed by atoms with Crippen molar-refractivity contribution in [3.63, 3.8) is 0 Å². The van der Waals surface area contributed by atoms with Crippen molar-refractivity contribution >= 4 is 23.5 Å². The van der Waals surface area contributed by atoms with Crippen LogP contribution < -0.4 is 16.0 Å². The van der Waals surface area contributed by atoms with Crippen molar-refractivity contribution in [2.24, 2.45) is 0 Å². The number of nitrogens with zero attached hydrogens (tertiary/aromatic N) is 5. The van der Waals surface area contributed by atoms with Gasteiger partial charge in [-0.2, -0.15) is 13.2 Å². The molecule has 0 atom stereocenters. The molecule has 0 radical (unpaired) electrons. The molecule has 2 amide bonds. The molecule has 3 N–H and O–H groups in total. The number of carbonyl (C=O) groups excluding carboxylic acids is 2. The normalized spacial score (nSPS) is 11.3. The van der Waals surface area contributed by atoms with Crippen LogP contribution in [0.15, 0.2) is 47.4 Å². The highest BCUT2D eigenvalue weighted by molar-refractivity contribution is 5.98. The monoisotopic (exact) mass is 528 g/mol. The molecular weight excluding hydrogens is 505 g/mol. The number of nitrogens with one attached hydrogen (secondary N) is 3. The second-order valence-corrected chi connectivity index (χ2v) is 8.24. The number of alkyl halides is 3. The Labute approximate surface area is 214 Å². The fourth-order valence-electron chi connectivity index (χ4n) is 3.64. The van der Waals surface area contributed by atoms with Crippen LogP contribution in [-0.4, -0.2) is 43.5 Å². The van der Waals surface area contributed by atoms with E-state index in [2.05, 4.69) is 36.1 Å². The van der Waals surface area contributed by atoms with Crippen molar-refractivity contribution in [1.82, 2.24) is 30.0 Å². The minimum Gasteiger partial charge on any atom is -0.371 e. The highest BCUT2D eigenvalue weighted by Crippen LogP contribution is 2.33. The summed E-state index contributed by atoms with van der Waals surface area (Å²) in [5, 5.41) is 11.9. The van der Waals surface area contributed by atoms with Crippen LogP contribution >= 0.6 is 0 Å². The van der Waals surface area contributed by atoms with Gasteiger partial charge in [0.1, 0.15) is 23.8 Å². The third kappa shape index (κ3) is 5.96. The van der Waals surface area contributed by atoms with E-state index in [1.54, 1.807) is 26.1 Å². The van der Waals surface area contributed by atoms with E-state index >= 15 is 0 Å². The molecule has 0 aliphatic rings. The molecule has 0 aliphatic heterocycles. The van der Waals surface area contributed by atoms with Gasteiger partial charge in [0.05, 0.1) is 24.1 Å². The number of rotatable bonds is 8. The van der Waals surface area contributed by atoms with Crippen molar-refractivity contribution in [2.45, 2.75) is 33.1 Å². The Bertz CT molecular complexity index is 1480. The molecule has 0 unspecified atom stereocenters. The summed E-state index contributed by atoms with van der Waals surface area (Å²) < 4.78 is 46.2. The van der Waals surface area contributed by atoms with Gasteiger partial charge >= 0.3 is 6.18 Å². The molecule has 4 aromatic rings. The van der Waals surface area contributed by atoms with Crippen LogP contribution in [0.3, 0.4) is 0 Å². The standard InChI is InChI=1S/C24H23F3N8O3/c1-13-7-16(34-38-13)10-30-23(37)21-22(28-3)31-12-35(21)11-20(36)33-19-6-4-5-18(32-19)15-8-17(24(25,26)27)14(2)29-9-15/h4-9,12,28H,10-11H2,1-3H3,(H,30,37)(H,32,33,36). The second kappa shape index (κ2) is 10.7. The Hall–Kier alpha value is -4.75. The molecule has 38 heavy (non-hydrogen) atoms. The first-order valence-corrected chi connectivity index (χ1v) is 11.3. The van der Waals surface area contributed by atoms with Gasteiger partial charge in [-0.1, -0.05) is 11.2 Å². The van der Waals surface area contributed by atoms with Gasteiger partial charge in [0.25, 0.3) is 5.91 Å². The first-order chi connectivity index (χ1) is 18.0. The Morgan fingerprint density at radius 2 is 1.92 bits per heavy atom. The lowest BCUT2D eigenvalue weighted by Gasteiger charge is -2.12. The maximum atomic E-state index is 13.3. The molecule has 4 aromatic heterocycles. The summed E-state index contributed by atoms with van der Waals surface area (Å²) in [7, 11) is 1.59. The number of aromatic nitrogens is 5. The summed E-state index contributed by atoms with van der Waals surface area (Å²) in [6, 6.07) is 7.20. The highest BCUT2D eigenvalue weighted by Gasteiger charge is 2.33. The van der Waals surface area contributed by atoms with E-state index in [-0.39, 0.29) is 47.4 Å². The number of anilines is 2. The zero-order chi connectivity index (χ0) is 27.4. The predicted octanol–water partition coefficient (Wildman–Crippen LogP) is 3.57. The third-order valence-corrected chi connectivity index (χ3v) is 5.42. The van der Waals surface area contributed by atoms with E-state index in [9.17, 15) is 22.8 Å². The molecule has 0 fully saturated rings. The van der Waals surface area contributed by atoms with Crippen LogP contribution in [0, 0.1) is 13.8 Å². The molecule has 11 nitrogen and oxygen atoms in total. The maximum absolute atomic E-state index is 13.3. The minimum absolute atomic E-state index is 0.108. The zero-order valence-electron chi connectivity index (χ0n) is 20.6. The van der Waals surface area contributed by atoms with E-state index in [0.29, 0.717) is 11.5 Å². The summed E-state index contributed by atoms with van der Waals surface area (Å²) in [6.07, 6.45) is -1.94. The molecule has 0 saturated heterocycles. The topological polar surface area (TPSA) is 140 Å². The van der Waals surface area contributed by atoms with Gasteiger partial charge in [-0.15, -0.1) is 0 Å². The molecule has 14 heteroatoms. The predicted molar refractivity (Wildman–Crippen MR) is 130 cm³/mol. The van der Waals surface area contributed by atoms with Crippen LogP contribution in [0.2, 0.25) is 0 Å². The second-order valence-electron chi connectivity index (χ2n) is 8.24. The quantitative estimate of drug-likeness (QED) is 0.315. The lowest BCUT2D eigenvalue weighted by Crippen LogP contribution is -2.28. The Kier molecular flexibility index (Phi) is 7.41. The van der Waals surface area contributed by atoms with E-state index < -0.39 is 23.6 Å². The first kappa shape index (κ1) is 26.3. The van der Waals surface area contributed by atoms with E-state index in [0.717, 1.165) is 6.07 Å². The maximum Gasteiger partial charge on any atom is 0.418 e. The van der Waals surface area contributed by atoms with Gasteiger partial charge in [-0.05, 0) is 32.0 Å². The van der Waals surface area contributed by atoms with Crippen LogP contribution in [0.4, 0.5) is 24.8 Å². The molecule has 0 aliphatic carbocycles. The lowest BCUT2D eigenvalue weighted by atomic mass is 10.1. The molecule has 4 heterocycles. The summed E-state index contributed by atoms with van der Waals surface area (Å²) in [4.78, 5) is 37.8. The summed E-state index contributed by atoms with van der Waals surface area (Å²) in [5.41, 5.74) is -0.0190. The van der Waals surface area contributed by atoms with Gasteiger partial charge < -0.3 is 25.0 Å². The number of halogens is 3. The van der Waals surface area contributed by atoms with Gasteiger partial charge in [-0.25, -0.2) is 9.97 Å². The molecule has 198 valence electrons. The molecule has 0 bridgehead atoms. The fourth-order valence-corrected chi connectivity index (χ4v) is 3.64. The van der Waals surface area contributed by atoms with E-state index in [4.69, 9.17) is 4.52 Å². The van der Waals surface area contributed by atoms with E-state index in [1.807, 2.05) is 0 Å².